The van der Waals surface area contributed by atoms with E-state index in [2.05, 4.69) is 25.1 Å². The normalized spacial score (nSPS) is 10.9. The molecule has 0 fully saturated rings. The molecule has 0 amide bonds. The summed E-state index contributed by atoms with van der Waals surface area (Å²) in [6.45, 7) is 4.08. The van der Waals surface area contributed by atoms with E-state index in [9.17, 15) is 0 Å². The molecule has 0 aliphatic carbocycles. The Morgan fingerprint density at radius 1 is 1.41 bits per heavy atom. The molecule has 2 heterocycles. The number of nitrogens with two attached hydrogens (primary N) is 1. The first-order chi connectivity index (χ1) is 8.31. The fourth-order valence-corrected chi connectivity index (χ4v) is 2.28. The van der Waals surface area contributed by atoms with E-state index in [1.54, 1.807) is 22.6 Å². The van der Waals surface area contributed by atoms with E-state index in [0.717, 1.165) is 23.3 Å². The molecule has 0 bridgehead atoms. The number of thioether (sulfide) groups is 1. The number of hydrogen-bond donors (Lipinski definition) is 1. The smallest absolute Gasteiger partial charge is 0.209 e. The van der Waals surface area contributed by atoms with Crippen LogP contribution >= 0.6 is 11.8 Å². The van der Waals surface area contributed by atoms with Crippen LogP contribution in [0.3, 0.4) is 0 Å². The molecule has 2 rings (SSSR count). The average molecular weight is 253 g/mol. The zero-order chi connectivity index (χ0) is 12.1. The number of nitrogens with zero attached hydrogens (tertiary/aromatic N) is 6. The SMILES string of the molecule is Cc1nccn1CCSc1nnnn1CCN. The fourth-order valence-electron chi connectivity index (χ4n) is 1.44. The number of aryl methyl sites for hydroxylation is 2. The number of aromatic nitrogens is 6. The molecule has 0 aliphatic heterocycles. The second kappa shape index (κ2) is 5.78. The third-order valence-electron chi connectivity index (χ3n) is 2.33. The zero-order valence-corrected chi connectivity index (χ0v) is 10.5. The van der Waals surface area contributed by atoms with Crippen LogP contribution in [0, 0.1) is 6.92 Å². The molecule has 7 nitrogen and oxygen atoms in total. The van der Waals surface area contributed by atoms with E-state index >= 15 is 0 Å². The Kier molecular flexibility index (Phi) is 4.10. The van der Waals surface area contributed by atoms with Crippen molar-refractivity contribution in [3.63, 3.8) is 0 Å². The molecule has 0 aromatic carbocycles. The second-order valence-corrected chi connectivity index (χ2v) is 4.55. The predicted octanol–water partition coefficient (Wildman–Crippen LogP) is -0.0710. The van der Waals surface area contributed by atoms with Crippen molar-refractivity contribution in [3.8, 4) is 0 Å². The molecule has 92 valence electrons. The summed E-state index contributed by atoms with van der Waals surface area (Å²) in [5.74, 6) is 1.93. The fraction of sp³-hybridized carbons (Fsp3) is 0.556. The van der Waals surface area contributed by atoms with Gasteiger partial charge in [-0.2, -0.15) is 0 Å². The van der Waals surface area contributed by atoms with Crippen molar-refractivity contribution in [2.45, 2.75) is 25.2 Å². The number of hydrogen-bond acceptors (Lipinski definition) is 6. The number of rotatable bonds is 6. The molecule has 17 heavy (non-hydrogen) atoms. The van der Waals surface area contributed by atoms with Crippen LogP contribution in [0.5, 0.6) is 0 Å². The molecule has 0 aliphatic rings. The summed E-state index contributed by atoms with van der Waals surface area (Å²) < 4.78 is 3.83. The third-order valence-corrected chi connectivity index (χ3v) is 3.26. The molecular formula is C9H15N7S. The lowest BCUT2D eigenvalue weighted by molar-refractivity contribution is 0.556. The van der Waals surface area contributed by atoms with E-state index in [1.165, 1.54) is 0 Å². The van der Waals surface area contributed by atoms with E-state index in [4.69, 9.17) is 5.73 Å². The van der Waals surface area contributed by atoms with Gasteiger partial charge in [0.2, 0.25) is 5.16 Å². The van der Waals surface area contributed by atoms with Gasteiger partial charge in [-0.3, -0.25) is 0 Å². The first kappa shape index (κ1) is 12.1. The van der Waals surface area contributed by atoms with Crippen molar-refractivity contribution in [2.24, 2.45) is 5.73 Å². The van der Waals surface area contributed by atoms with Gasteiger partial charge in [0.25, 0.3) is 0 Å². The van der Waals surface area contributed by atoms with Crippen molar-refractivity contribution >= 4 is 11.8 Å². The van der Waals surface area contributed by atoms with Gasteiger partial charge in [0.05, 0.1) is 6.54 Å². The molecule has 0 saturated carbocycles. The van der Waals surface area contributed by atoms with E-state index in [1.807, 2.05) is 13.1 Å². The minimum atomic E-state index is 0.541. The summed E-state index contributed by atoms with van der Waals surface area (Å²) in [5, 5.41) is 12.3. The molecule has 0 spiro atoms. The lowest BCUT2D eigenvalue weighted by Gasteiger charge is -2.04. The maximum Gasteiger partial charge on any atom is 0.209 e. The van der Waals surface area contributed by atoms with Crippen LogP contribution in [0.2, 0.25) is 0 Å². The highest BCUT2D eigenvalue weighted by atomic mass is 32.2. The summed E-state index contributed by atoms with van der Waals surface area (Å²) in [6, 6.07) is 0. The van der Waals surface area contributed by atoms with Crippen molar-refractivity contribution < 1.29 is 0 Å². The molecule has 0 saturated heterocycles. The lowest BCUT2D eigenvalue weighted by Crippen LogP contribution is -2.12. The average Bonchev–Trinajstić information content (AvgIpc) is 2.90. The molecule has 8 heteroatoms. The quantitative estimate of drug-likeness (QED) is 0.725. The third kappa shape index (κ3) is 3.04. The Morgan fingerprint density at radius 3 is 3.00 bits per heavy atom. The van der Waals surface area contributed by atoms with Crippen LogP contribution in [0.1, 0.15) is 5.82 Å². The zero-order valence-electron chi connectivity index (χ0n) is 9.65. The molecule has 0 unspecified atom stereocenters. The monoisotopic (exact) mass is 253 g/mol. The van der Waals surface area contributed by atoms with Gasteiger partial charge in [0, 0.05) is 31.2 Å². The topological polar surface area (TPSA) is 87.4 Å². The van der Waals surface area contributed by atoms with Crippen LogP contribution in [0.15, 0.2) is 17.6 Å². The van der Waals surface area contributed by atoms with Crippen LogP contribution < -0.4 is 5.73 Å². The number of imidazole rings is 1. The van der Waals surface area contributed by atoms with Gasteiger partial charge in [-0.05, 0) is 17.4 Å². The Morgan fingerprint density at radius 2 is 2.29 bits per heavy atom. The summed E-state index contributed by atoms with van der Waals surface area (Å²) >= 11 is 1.62. The van der Waals surface area contributed by atoms with Gasteiger partial charge in [0.1, 0.15) is 5.82 Å². The van der Waals surface area contributed by atoms with Gasteiger partial charge in [0.15, 0.2) is 0 Å². The van der Waals surface area contributed by atoms with Gasteiger partial charge in [-0.25, -0.2) is 9.67 Å². The Balaban J connectivity index is 1.86. The van der Waals surface area contributed by atoms with Crippen molar-refractivity contribution in [3.05, 3.63) is 18.2 Å². The summed E-state index contributed by atoms with van der Waals surface area (Å²) in [5.41, 5.74) is 5.48. The summed E-state index contributed by atoms with van der Waals surface area (Å²) in [7, 11) is 0. The molecule has 2 N–H and O–H groups in total. The highest BCUT2D eigenvalue weighted by Gasteiger charge is 2.05. The molecule has 0 radical (unpaired) electrons. The standard InChI is InChI=1S/C9H15N7S/c1-8-11-3-5-15(8)6-7-17-9-12-13-14-16(9)4-2-10/h3,5H,2,4,6-7,10H2,1H3. The largest absolute Gasteiger partial charge is 0.334 e. The molecule has 0 atom stereocenters. The van der Waals surface area contributed by atoms with Gasteiger partial charge in [-0.15, -0.1) is 5.10 Å². The van der Waals surface area contributed by atoms with E-state index in [-0.39, 0.29) is 0 Å². The van der Waals surface area contributed by atoms with Gasteiger partial charge in [-0.1, -0.05) is 11.8 Å². The first-order valence-electron chi connectivity index (χ1n) is 5.38. The Hall–Kier alpha value is -1.41. The van der Waals surface area contributed by atoms with Crippen molar-refractivity contribution in [1.82, 2.24) is 29.8 Å². The molecular weight excluding hydrogens is 238 g/mol. The van der Waals surface area contributed by atoms with Crippen LogP contribution in [0.25, 0.3) is 0 Å². The highest BCUT2D eigenvalue weighted by molar-refractivity contribution is 7.99. The van der Waals surface area contributed by atoms with E-state index in [0.29, 0.717) is 13.1 Å². The van der Waals surface area contributed by atoms with Gasteiger partial charge >= 0.3 is 0 Å². The highest BCUT2D eigenvalue weighted by Crippen LogP contribution is 2.13. The first-order valence-corrected chi connectivity index (χ1v) is 6.36. The Labute approximate surface area is 103 Å². The van der Waals surface area contributed by atoms with Crippen LogP contribution in [0.4, 0.5) is 0 Å². The van der Waals surface area contributed by atoms with Crippen LogP contribution in [-0.2, 0) is 13.1 Å². The molecule has 2 aromatic rings. The minimum absolute atomic E-state index is 0.541. The van der Waals surface area contributed by atoms with E-state index < -0.39 is 0 Å². The van der Waals surface area contributed by atoms with Gasteiger partial charge < -0.3 is 10.3 Å². The van der Waals surface area contributed by atoms with Crippen molar-refractivity contribution in [2.75, 3.05) is 12.3 Å². The second-order valence-electron chi connectivity index (χ2n) is 3.49. The minimum Gasteiger partial charge on any atom is -0.334 e. The Bertz CT molecular complexity index is 463. The summed E-state index contributed by atoms with van der Waals surface area (Å²) in [4.78, 5) is 4.17. The van der Waals surface area contributed by atoms with Crippen molar-refractivity contribution in [1.29, 1.82) is 0 Å². The maximum atomic E-state index is 5.48. The predicted molar refractivity (Wildman–Crippen MR) is 64.6 cm³/mol. The molecule has 2 aromatic heterocycles. The summed E-state index contributed by atoms with van der Waals surface area (Å²) in [6.07, 6.45) is 3.78. The van der Waals surface area contributed by atoms with Crippen LogP contribution in [-0.4, -0.2) is 42.1 Å². The maximum absolute atomic E-state index is 5.48. The number of tetrazole rings is 1. The lowest BCUT2D eigenvalue weighted by atomic mass is 10.6.